The number of rotatable bonds is 2. The molecule has 0 radical (unpaired) electrons. The molecule has 23 heavy (non-hydrogen) atoms. The van der Waals surface area contributed by atoms with Gasteiger partial charge in [0.05, 0.1) is 5.41 Å². The molecule has 8 heteroatoms. The van der Waals surface area contributed by atoms with Gasteiger partial charge >= 0.3 is 11.2 Å². The van der Waals surface area contributed by atoms with Crippen LogP contribution in [0.1, 0.15) is 34.6 Å². The Labute approximate surface area is 140 Å². The van der Waals surface area contributed by atoms with Gasteiger partial charge in [0.25, 0.3) is 0 Å². The zero-order chi connectivity index (χ0) is 17.0. The highest BCUT2D eigenvalue weighted by Crippen LogP contribution is 2.41. The molecule has 0 aromatic rings. The van der Waals surface area contributed by atoms with E-state index in [0.717, 1.165) is 0 Å². The fourth-order valence-corrected chi connectivity index (χ4v) is 2.93. The van der Waals surface area contributed by atoms with E-state index in [1.807, 2.05) is 0 Å². The van der Waals surface area contributed by atoms with E-state index in [2.05, 4.69) is 0 Å². The van der Waals surface area contributed by atoms with Crippen LogP contribution in [0.25, 0.3) is 0 Å². The van der Waals surface area contributed by atoms with Gasteiger partial charge in [-0.1, -0.05) is 0 Å². The number of carbonyl (C=O) groups is 1. The number of hydrogen-bond acceptors (Lipinski definition) is 8. The van der Waals surface area contributed by atoms with Crippen molar-refractivity contribution < 1.29 is 33.2 Å². The summed E-state index contributed by atoms with van der Waals surface area (Å²) in [6, 6.07) is 0. The van der Waals surface area contributed by atoms with E-state index in [4.69, 9.17) is 40.6 Å². The maximum absolute atomic E-state index is 12.3. The number of carbonyl (C=O) groups excluding carboxylic acids is 1. The maximum Gasteiger partial charge on any atom is 0.352 e. The second-order valence-electron chi connectivity index (χ2n) is 7.41. The molecule has 0 N–H and O–H groups in total. The topological polar surface area (TPSA) is 72.5 Å². The van der Waals surface area contributed by atoms with Gasteiger partial charge in [-0.15, -0.1) is 0 Å². The molecule has 3 fully saturated rings. The van der Waals surface area contributed by atoms with Crippen molar-refractivity contribution in [3.8, 4) is 0 Å². The van der Waals surface area contributed by atoms with E-state index in [0.29, 0.717) is 0 Å². The molecule has 3 aliphatic rings. The number of ether oxygens (including phenoxy) is 6. The highest BCUT2D eigenvalue weighted by Gasteiger charge is 2.60. The molecule has 3 rings (SSSR count). The minimum atomic E-state index is -0.797. The third-order valence-corrected chi connectivity index (χ3v) is 4.08. The molecule has 0 aromatic carbocycles. The second-order valence-corrected chi connectivity index (χ2v) is 7.74. The summed E-state index contributed by atoms with van der Waals surface area (Å²) in [4.78, 5) is 12.3. The van der Waals surface area contributed by atoms with Gasteiger partial charge in [-0.2, -0.15) is 0 Å². The first kappa shape index (κ1) is 16.9. The summed E-state index contributed by atoms with van der Waals surface area (Å²) >= 11 is 4.88. The van der Waals surface area contributed by atoms with Crippen LogP contribution in [0.2, 0.25) is 0 Å². The highest BCUT2D eigenvalue weighted by molar-refractivity contribution is 7.79. The molecule has 130 valence electrons. The van der Waals surface area contributed by atoms with Crippen LogP contribution in [0.3, 0.4) is 0 Å². The summed E-state index contributed by atoms with van der Waals surface area (Å²) in [6.07, 6.45) is -2.80. The molecular weight excluding hydrogens is 324 g/mol. The van der Waals surface area contributed by atoms with Crippen LogP contribution in [0.4, 0.5) is 0 Å². The molecule has 3 saturated heterocycles. The van der Waals surface area contributed by atoms with Crippen LogP contribution in [-0.2, 0) is 33.2 Å². The second kappa shape index (κ2) is 5.54. The molecule has 3 aliphatic heterocycles. The van der Waals surface area contributed by atoms with Crippen LogP contribution in [0.15, 0.2) is 0 Å². The van der Waals surface area contributed by atoms with E-state index in [-0.39, 0.29) is 17.8 Å². The lowest BCUT2D eigenvalue weighted by molar-refractivity contribution is -0.228. The molecule has 0 bridgehead atoms. The lowest BCUT2D eigenvalue weighted by Gasteiger charge is -2.29. The fourth-order valence-electron chi connectivity index (χ4n) is 2.74. The average molecular weight is 346 g/mol. The van der Waals surface area contributed by atoms with Gasteiger partial charge in [0.1, 0.15) is 12.7 Å². The summed E-state index contributed by atoms with van der Waals surface area (Å²) in [6.45, 7) is 9.19. The monoisotopic (exact) mass is 346 g/mol. The lowest BCUT2D eigenvalue weighted by Crippen LogP contribution is -2.46. The largest absolute Gasteiger partial charge is 0.456 e. The van der Waals surface area contributed by atoms with Crippen molar-refractivity contribution in [2.75, 3.05) is 6.61 Å². The van der Waals surface area contributed by atoms with E-state index in [1.165, 1.54) is 0 Å². The summed E-state index contributed by atoms with van der Waals surface area (Å²) in [7, 11) is 0. The van der Waals surface area contributed by atoms with Gasteiger partial charge in [0.15, 0.2) is 30.4 Å². The summed E-state index contributed by atoms with van der Waals surface area (Å²) in [5, 5.41) is 0.0683. The Kier molecular flexibility index (Phi) is 4.07. The predicted octanol–water partition coefficient (Wildman–Crippen LogP) is 1.52. The number of esters is 1. The zero-order valence-corrected chi connectivity index (χ0v) is 14.7. The van der Waals surface area contributed by atoms with Crippen molar-refractivity contribution in [1.82, 2.24) is 0 Å². The Morgan fingerprint density at radius 2 is 1.96 bits per heavy atom. The molecule has 0 unspecified atom stereocenters. The molecule has 3 heterocycles. The third kappa shape index (κ3) is 3.31. The predicted molar refractivity (Wildman–Crippen MR) is 81.5 cm³/mol. The van der Waals surface area contributed by atoms with Gasteiger partial charge in [-0.05, 0) is 34.6 Å². The molecule has 0 aromatic heterocycles. The minimum Gasteiger partial charge on any atom is -0.456 e. The highest BCUT2D eigenvalue weighted by atomic mass is 32.1. The first-order chi connectivity index (χ1) is 10.6. The Morgan fingerprint density at radius 3 is 2.52 bits per heavy atom. The van der Waals surface area contributed by atoms with Gasteiger partial charge in [-0.25, -0.2) is 0 Å². The molecular formula is C15H22O7S. The van der Waals surface area contributed by atoms with Crippen molar-refractivity contribution >= 4 is 23.4 Å². The first-order valence-electron chi connectivity index (χ1n) is 7.62. The molecule has 0 amide bonds. The van der Waals surface area contributed by atoms with Crippen molar-refractivity contribution in [1.29, 1.82) is 0 Å². The summed E-state index contributed by atoms with van der Waals surface area (Å²) < 4.78 is 33.8. The van der Waals surface area contributed by atoms with Crippen LogP contribution in [-0.4, -0.2) is 54.3 Å². The van der Waals surface area contributed by atoms with Crippen molar-refractivity contribution in [2.45, 2.75) is 71.1 Å². The maximum atomic E-state index is 12.3. The Balaban J connectivity index is 1.79. The fraction of sp³-hybridized carbons (Fsp3) is 0.867. The zero-order valence-electron chi connectivity index (χ0n) is 13.9. The van der Waals surface area contributed by atoms with E-state index in [1.54, 1.807) is 34.6 Å². The van der Waals surface area contributed by atoms with Crippen LogP contribution >= 0.6 is 12.2 Å². The normalized spacial score (nSPS) is 38.8. The average Bonchev–Trinajstić information content (AvgIpc) is 3.02. The molecule has 7 nitrogen and oxygen atoms in total. The first-order valence-corrected chi connectivity index (χ1v) is 8.03. The van der Waals surface area contributed by atoms with Crippen molar-refractivity contribution in [3.63, 3.8) is 0 Å². The number of fused-ring (bicyclic) bond motifs is 1. The smallest absolute Gasteiger partial charge is 0.352 e. The molecule has 0 aliphatic carbocycles. The summed E-state index contributed by atoms with van der Waals surface area (Å²) in [5.41, 5.74) is -0.639. The minimum absolute atomic E-state index is 0.0683. The lowest BCUT2D eigenvalue weighted by atomic mass is 9.97. The molecule has 0 spiro atoms. The Morgan fingerprint density at radius 1 is 1.26 bits per heavy atom. The quantitative estimate of drug-likeness (QED) is 0.550. The van der Waals surface area contributed by atoms with E-state index in [9.17, 15) is 4.79 Å². The van der Waals surface area contributed by atoms with Crippen molar-refractivity contribution in [2.24, 2.45) is 5.41 Å². The van der Waals surface area contributed by atoms with Crippen LogP contribution in [0, 0.1) is 5.41 Å². The van der Waals surface area contributed by atoms with Gasteiger partial charge in [0, 0.05) is 12.2 Å². The molecule has 0 saturated carbocycles. The van der Waals surface area contributed by atoms with Gasteiger partial charge < -0.3 is 28.4 Å². The van der Waals surface area contributed by atoms with Crippen LogP contribution < -0.4 is 0 Å². The van der Waals surface area contributed by atoms with E-state index >= 15 is 0 Å². The number of hydrogen-bond donors (Lipinski definition) is 0. The van der Waals surface area contributed by atoms with Gasteiger partial charge in [0.2, 0.25) is 0 Å². The van der Waals surface area contributed by atoms with Crippen LogP contribution in [0.5, 0.6) is 0 Å². The van der Waals surface area contributed by atoms with Crippen molar-refractivity contribution in [3.05, 3.63) is 0 Å². The number of thiocarbonyl (C=S) groups is 1. The van der Waals surface area contributed by atoms with Gasteiger partial charge in [-0.3, -0.25) is 4.79 Å². The summed E-state index contributed by atoms with van der Waals surface area (Å²) in [5.74, 6) is -1.14. The Bertz CT molecular complexity index is 512. The standard InChI is InChI=1S/C15H22O7S/c1-14(2,3)12(16)20-9-8(7-6-17-13(23)18-7)19-11-10(9)21-15(4,5)22-11/h7-11H,6H2,1-5H3/t7-,8-,9+,10-,11-/m1/s1. The Hall–Kier alpha value is -0.960. The molecule has 5 atom stereocenters. The third-order valence-electron chi connectivity index (χ3n) is 3.86. The SMILES string of the molecule is CC1(C)O[C@H]2O[C@H]([C@H]3COC(=S)O3)[C@H](OC(=O)C(C)(C)C)[C@H]2O1. The van der Waals surface area contributed by atoms with E-state index < -0.39 is 41.9 Å².